The molecule has 2 nitrogen and oxygen atoms in total. The first-order chi connectivity index (χ1) is 12.4. The van der Waals surface area contributed by atoms with Gasteiger partial charge in [0.05, 0.1) is 0 Å². The number of H-pyrrole nitrogens is 2. The van der Waals surface area contributed by atoms with E-state index in [1.54, 1.807) is 0 Å². The van der Waals surface area contributed by atoms with Crippen molar-refractivity contribution in [3.8, 4) is 33.4 Å². The number of aromatic amines is 2. The van der Waals surface area contributed by atoms with E-state index in [0.717, 1.165) is 6.42 Å². The summed E-state index contributed by atoms with van der Waals surface area (Å²) in [5.41, 5.74) is 10.6. The van der Waals surface area contributed by atoms with Crippen molar-refractivity contribution in [1.82, 2.24) is 0 Å². The molecule has 0 atom stereocenters. The lowest BCUT2D eigenvalue weighted by Crippen LogP contribution is -1.96. The lowest BCUT2D eigenvalue weighted by molar-refractivity contribution is -0.378. The fourth-order valence-electron chi connectivity index (χ4n) is 3.73. The Hall–Kier alpha value is -3.26. The number of nitrogens with one attached hydrogen (secondary N) is 2. The van der Waals surface area contributed by atoms with Gasteiger partial charge >= 0.3 is 0 Å². The minimum atomic E-state index is 1.00. The lowest BCUT2D eigenvalue weighted by Gasteiger charge is -2.05. The molecule has 0 saturated carbocycles. The predicted molar refractivity (Wildman–Crippen MR) is 98.7 cm³/mol. The molecule has 0 saturated heterocycles. The zero-order valence-electron chi connectivity index (χ0n) is 13.8. The number of benzene rings is 2. The van der Waals surface area contributed by atoms with Gasteiger partial charge in [-0.1, -0.05) is 36.4 Å². The minimum Gasteiger partial charge on any atom is -0.218 e. The number of hydrogen-bond acceptors (Lipinski definition) is 0. The van der Waals surface area contributed by atoms with Gasteiger partial charge in [0, 0.05) is 24.3 Å². The highest BCUT2D eigenvalue weighted by Gasteiger charge is 2.19. The average Bonchev–Trinajstić information content (AvgIpc) is 3.06. The largest absolute Gasteiger partial charge is 0.218 e. The highest BCUT2D eigenvalue weighted by atomic mass is 14.6. The monoisotopic (exact) mass is 322 g/mol. The molecular weight excluding hydrogens is 304 g/mol. The average molecular weight is 322 g/mol. The Kier molecular flexibility index (Phi) is 3.20. The summed E-state index contributed by atoms with van der Waals surface area (Å²) in [4.78, 5) is 6.18. The molecule has 118 valence electrons. The molecular formula is C23H18N2+2. The SMILES string of the molecule is c1cc(-c2ccc3c(c2)Cc2cc(-c4cc[nH+]cc4)ccc2-3)cc[nH+]1. The van der Waals surface area contributed by atoms with E-state index >= 15 is 0 Å². The zero-order valence-corrected chi connectivity index (χ0v) is 13.8. The van der Waals surface area contributed by atoms with E-state index in [1.807, 2.05) is 24.8 Å². The van der Waals surface area contributed by atoms with Gasteiger partial charge in [-0.15, -0.1) is 0 Å². The maximum Gasteiger partial charge on any atom is 0.167 e. The molecule has 0 aliphatic heterocycles. The Morgan fingerprint density at radius 2 is 0.920 bits per heavy atom. The van der Waals surface area contributed by atoms with Gasteiger partial charge in [0.1, 0.15) is 0 Å². The predicted octanol–water partition coefficient (Wildman–Crippen LogP) is 4.22. The van der Waals surface area contributed by atoms with Crippen LogP contribution >= 0.6 is 0 Å². The standard InChI is InChI=1S/C23H16N2/c1-3-22-20(13-18(1)16-5-9-24-10-6-16)15-21-14-19(2-4-23(21)22)17-7-11-25-12-8-17/h1-14H,15H2/p+2. The Labute approximate surface area is 146 Å². The van der Waals surface area contributed by atoms with E-state index in [2.05, 4.69) is 70.6 Å². The third-order valence-corrected chi connectivity index (χ3v) is 4.98. The molecule has 0 amide bonds. The van der Waals surface area contributed by atoms with Crippen LogP contribution in [0.4, 0.5) is 0 Å². The van der Waals surface area contributed by atoms with Crippen LogP contribution < -0.4 is 9.97 Å². The van der Waals surface area contributed by atoms with Crippen LogP contribution in [-0.4, -0.2) is 0 Å². The summed E-state index contributed by atoms with van der Waals surface area (Å²) in [6.45, 7) is 0. The first kappa shape index (κ1) is 14.1. The zero-order chi connectivity index (χ0) is 16.6. The van der Waals surface area contributed by atoms with Gasteiger partial charge in [-0.05, 0) is 50.9 Å². The van der Waals surface area contributed by atoms with Gasteiger partial charge in [-0.3, -0.25) is 0 Å². The van der Waals surface area contributed by atoms with Crippen LogP contribution in [0.2, 0.25) is 0 Å². The Balaban J connectivity index is 1.55. The number of pyridine rings is 2. The van der Waals surface area contributed by atoms with E-state index in [1.165, 1.54) is 44.5 Å². The summed E-state index contributed by atoms with van der Waals surface area (Å²) in [5.74, 6) is 0. The molecule has 0 radical (unpaired) electrons. The summed E-state index contributed by atoms with van der Waals surface area (Å²) >= 11 is 0. The van der Waals surface area contributed by atoms with Gasteiger partial charge in [-0.25, -0.2) is 9.97 Å². The van der Waals surface area contributed by atoms with Gasteiger partial charge in [0.2, 0.25) is 0 Å². The summed E-state index contributed by atoms with van der Waals surface area (Å²) in [5, 5.41) is 0. The molecule has 1 aliphatic rings. The maximum absolute atomic E-state index is 3.09. The van der Waals surface area contributed by atoms with Crippen molar-refractivity contribution >= 4 is 0 Å². The number of aromatic nitrogens is 2. The van der Waals surface area contributed by atoms with Crippen LogP contribution in [0, 0.1) is 0 Å². The van der Waals surface area contributed by atoms with Gasteiger partial charge < -0.3 is 0 Å². The van der Waals surface area contributed by atoms with Crippen LogP contribution in [0.25, 0.3) is 33.4 Å². The Morgan fingerprint density at radius 1 is 0.480 bits per heavy atom. The molecule has 0 spiro atoms. The van der Waals surface area contributed by atoms with Crippen LogP contribution in [0.5, 0.6) is 0 Å². The Bertz CT molecular complexity index is 967. The fraction of sp³-hybridized carbons (Fsp3) is 0.0435. The summed E-state index contributed by atoms with van der Waals surface area (Å²) < 4.78 is 0. The van der Waals surface area contributed by atoms with Crippen molar-refractivity contribution in [2.24, 2.45) is 0 Å². The maximum atomic E-state index is 3.09. The number of hydrogen-bond donors (Lipinski definition) is 0. The topological polar surface area (TPSA) is 28.3 Å². The second-order valence-corrected chi connectivity index (χ2v) is 6.50. The van der Waals surface area contributed by atoms with Crippen LogP contribution in [-0.2, 0) is 6.42 Å². The summed E-state index contributed by atoms with van der Waals surface area (Å²) in [6.07, 6.45) is 8.90. The second kappa shape index (κ2) is 5.67. The second-order valence-electron chi connectivity index (χ2n) is 6.50. The van der Waals surface area contributed by atoms with Crippen molar-refractivity contribution in [2.75, 3.05) is 0 Å². The fourth-order valence-corrected chi connectivity index (χ4v) is 3.73. The molecule has 5 rings (SSSR count). The van der Waals surface area contributed by atoms with Gasteiger partial charge in [-0.2, -0.15) is 0 Å². The van der Waals surface area contributed by atoms with Crippen molar-refractivity contribution in [3.05, 3.63) is 96.6 Å². The van der Waals surface area contributed by atoms with E-state index in [0.29, 0.717) is 0 Å². The van der Waals surface area contributed by atoms with Crippen molar-refractivity contribution < 1.29 is 9.97 Å². The van der Waals surface area contributed by atoms with E-state index < -0.39 is 0 Å². The molecule has 2 heteroatoms. The van der Waals surface area contributed by atoms with E-state index in [9.17, 15) is 0 Å². The van der Waals surface area contributed by atoms with E-state index in [-0.39, 0.29) is 0 Å². The van der Waals surface area contributed by atoms with Gasteiger partial charge in [0.15, 0.2) is 24.8 Å². The third-order valence-electron chi connectivity index (χ3n) is 4.98. The normalized spacial score (nSPS) is 11.8. The van der Waals surface area contributed by atoms with E-state index in [4.69, 9.17) is 0 Å². The van der Waals surface area contributed by atoms with Crippen LogP contribution in [0.3, 0.4) is 0 Å². The van der Waals surface area contributed by atoms with Crippen molar-refractivity contribution in [3.63, 3.8) is 0 Å². The molecule has 4 aromatic rings. The van der Waals surface area contributed by atoms with Crippen LogP contribution in [0.1, 0.15) is 11.1 Å². The van der Waals surface area contributed by atoms with Gasteiger partial charge in [0.25, 0.3) is 0 Å². The summed E-state index contributed by atoms with van der Waals surface area (Å²) in [6, 6.07) is 22.1. The molecule has 0 unspecified atom stereocenters. The molecule has 2 aromatic carbocycles. The first-order valence-electron chi connectivity index (χ1n) is 8.58. The van der Waals surface area contributed by atoms with Crippen molar-refractivity contribution in [1.29, 1.82) is 0 Å². The van der Waals surface area contributed by atoms with Crippen LogP contribution in [0.15, 0.2) is 85.5 Å². The van der Waals surface area contributed by atoms with Crippen molar-refractivity contribution in [2.45, 2.75) is 6.42 Å². The molecule has 2 aromatic heterocycles. The smallest absolute Gasteiger partial charge is 0.167 e. The third kappa shape index (κ3) is 2.43. The quantitative estimate of drug-likeness (QED) is 0.465. The Morgan fingerprint density at radius 3 is 1.36 bits per heavy atom. The molecule has 1 aliphatic carbocycles. The highest BCUT2D eigenvalue weighted by molar-refractivity contribution is 5.82. The lowest BCUT2D eigenvalue weighted by atomic mass is 9.99. The first-order valence-corrected chi connectivity index (χ1v) is 8.58. The number of rotatable bonds is 2. The molecule has 2 N–H and O–H groups in total. The molecule has 0 bridgehead atoms. The minimum absolute atomic E-state index is 1.00. The molecule has 25 heavy (non-hydrogen) atoms. The number of fused-ring (bicyclic) bond motifs is 3. The highest BCUT2D eigenvalue weighted by Crippen LogP contribution is 2.40. The molecule has 0 fully saturated rings. The summed E-state index contributed by atoms with van der Waals surface area (Å²) in [7, 11) is 0. The molecule has 2 heterocycles.